The van der Waals surface area contributed by atoms with E-state index in [1.807, 2.05) is 50.8 Å². The third-order valence-electron chi connectivity index (χ3n) is 8.15. The van der Waals surface area contributed by atoms with Crippen LogP contribution in [0.2, 0.25) is 0 Å². The molecular formula is C24H33BN2O5. The normalized spacial score (nSPS) is 28.0. The molecule has 1 N–H and O–H groups in total. The molecule has 1 spiro atoms. The summed E-state index contributed by atoms with van der Waals surface area (Å²) in [7, 11) is -0.464. The Balaban J connectivity index is 1.32. The Morgan fingerprint density at radius 3 is 2.41 bits per heavy atom. The fourth-order valence-corrected chi connectivity index (χ4v) is 5.32. The maximum atomic E-state index is 13.1. The molecule has 32 heavy (non-hydrogen) atoms. The number of hydrogen-bond donors (Lipinski definition) is 1. The number of nitrogens with zero attached hydrogens (tertiary/aromatic N) is 1. The number of benzene rings is 1. The van der Waals surface area contributed by atoms with E-state index in [1.165, 1.54) is 0 Å². The Hall–Kier alpha value is -1.90. The zero-order valence-corrected chi connectivity index (χ0v) is 19.5. The van der Waals surface area contributed by atoms with E-state index >= 15 is 0 Å². The summed E-state index contributed by atoms with van der Waals surface area (Å²) in [6, 6.07) is 6.03. The lowest BCUT2D eigenvalue weighted by atomic mass is 9.71. The minimum absolute atomic E-state index is 0.0274. The van der Waals surface area contributed by atoms with E-state index in [4.69, 9.17) is 14.0 Å². The average molecular weight is 440 g/mol. The number of fused-ring (bicyclic) bond motifs is 2. The van der Waals surface area contributed by atoms with E-state index in [0.717, 1.165) is 36.0 Å². The molecule has 1 aromatic carbocycles. The van der Waals surface area contributed by atoms with Gasteiger partial charge in [0, 0.05) is 25.4 Å². The van der Waals surface area contributed by atoms with E-state index in [1.54, 1.807) is 0 Å². The first-order valence-corrected chi connectivity index (χ1v) is 11.8. The largest absolute Gasteiger partial charge is 0.494 e. The van der Waals surface area contributed by atoms with Gasteiger partial charge in [0.25, 0.3) is 5.91 Å². The Labute approximate surface area is 190 Å². The molecule has 0 aromatic heterocycles. The molecule has 3 saturated heterocycles. The molecule has 0 bridgehead atoms. The molecule has 5 rings (SSSR count). The molecule has 4 aliphatic rings. The van der Waals surface area contributed by atoms with Gasteiger partial charge >= 0.3 is 7.12 Å². The minimum Gasteiger partial charge on any atom is -0.399 e. The number of anilines is 1. The van der Waals surface area contributed by atoms with Crippen molar-refractivity contribution in [3.63, 3.8) is 0 Å². The van der Waals surface area contributed by atoms with Crippen molar-refractivity contribution in [1.29, 1.82) is 0 Å². The molecular weight excluding hydrogens is 407 g/mol. The van der Waals surface area contributed by atoms with Crippen molar-refractivity contribution >= 4 is 30.1 Å². The molecule has 0 saturated carbocycles. The highest BCUT2D eigenvalue weighted by molar-refractivity contribution is 6.62. The van der Waals surface area contributed by atoms with E-state index in [0.29, 0.717) is 32.5 Å². The SMILES string of the molecule is CC1(C)OB(c2ccc3c(c2)NC(=O)C32CCN(C(=O)C3CCCCO3)CC2)OC1(C)C. The Bertz CT molecular complexity index is 916. The van der Waals surface area contributed by atoms with Crippen molar-refractivity contribution in [3.05, 3.63) is 23.8 Å². The van der Waals surface area contributed by atoms with Crippen LogP contribution in [0.5, 0.6) is 0 Å². The van der Waals surface area contributed by atoms with E-state index in [2.05, 4.69) is 5.32 Å². The van der Waals surface area contributed by atoms with Crippen LogP contribution in [-0.2, 0) is 29.0 Å². The van der Waals surface area contributed by atoms with Crippen LogP contribution in [0.3, 0.4) is 0 Å². The molecule has 7 nitrogen and oxygen atoms in total. The molecule has 2 amide bonds. The van der Waals surface area contributed by atoms with Crippen LogP contribution in [0, 0.1) is 0 Å². The van der Waals surface area contributed by atoms with E-state index in [-0.39, 0.29) is 17.9 Å². The number of carbonyl (C=O) groups is 2. The van der Waals surface area contributed by atoms with Gasteiger partial charge in [-0.3, -0.25) is 9.59 Å². The Morgan fingerprint density at radius 1 is 1.09 bits per heavy atom. The third kappa shape index (κ3) is 3.38. The van der Waals surface area contributed by atoms with Crippen molar-refractivity contribution in [2.24, 2.45) is 0 Å². The van der Waals surface area contributed by atoms with Crippen LogP contribution in [0.4, 0.5) is 5.69 Å². The minimum atomic E-state index is -0.575. The number of ether oxygens (including phenoxy) is 1. The van der Waals surface area contributed by atoms with Gasteiger partial charge in [-0.15, -0.1) is 0 Å². The van der Waals surface area contributed by atoms with E-state index in [9.17, 15) is 9.59 Å². The van der Waals surface area contributed by atoms with Crippen molar-refractivity contribution in [2.45, 2.75) is 82.5 Å². The van der Waals surface area contributed by atoms with Gasteiger partial charge in [-0.05, 0) is 76.9 Å². The Kier molecular flexibility index (Phi) is 5.19. The van der Waals surface area contributed by atoms with Crippen LogP contribution in [0.1, 0.15) is 65.4 Å². The number of nitrogens with one attached hydrogen (secondary N) is 1. The average Bonchev–Trinajstić information content (AvgIpc) is 3.16. The number of amides is 2. The van der Waals surface area contributed by atoms with Gasteiger partial charge in [0.1, 0.15) is 6.10 Å². The van der Waals surface area contributed by atoms with Gasteiger partial charge < -0.3 is 24.3 Å². The molecule has 1 atom stereocenters. The van der Waals surface area contributed by atoms with Crippen LogP contribution < -0.4 is 10.8 Å². The van der Waals surface area contributed by atoms with Crippen molar-refractivity contribution < 1.29 is 23.6 Å². The molecule has 1 unspecified atom stereocenters. The number of hydrogen-bond acceptors (Lipinski definition) is 5. The maximum Gasteiger partial charge on any atom is 0.494 e. The topological polar surface area (TPSA) is 77.1 Å². The first-order valence-electron chi connectivity index (χ1n) is 11.8. The number of rotatable bonds is 2. The molecule has 8 heteroatoms. The summed E-state index contributed by atoms with van der Waals surface area (Å²) in [5.41, 5.74) is 1.35. The van der Waals surface area contributed by atoms with Gasteiger partial charge in [0.15, 0.2) is 0 Å². The monoisotopic (exact) mass is 440 g/mol. The predicted molar refractivity (Wildman–Crippen MR) is 122 cm³/mol. The van der Waals surface area contributed by atoms with Crippen LogP contribution in [-0.4, -0.2) is 60.8 Å². The highest BCUT2D eigenvalue weighted by atomic mass is 16.7. The summed E-state index contributed by atoms with van der Waals surface area (Å²) in [5.74, 6) is 0.105. The van der Waals surface area contributed by atoms with Crippen LogP contribution >= 0.6 is 0 Å². The first kappa shape index (κ1) is 21.9. The molecule has 172 valence electrons. The van der Waals surface area contributed by atoms with Gasteiger partial charge in [-0.2, -0.15) is 0 Å². The summed E-state index contributed by atoms with van der Waals surface area (Å²) in [6.07, 6.45) is 3.79. The quantitative estimate of drug-likeness (QED) is 0.715. The lowest BCUT2D eigenvalue weighted by Crippen LogP contribution is -2.51. The van der Waals surface area contributed by atoms with Crippen molar-refractivity contribution in [1.82, 2.24) is 4.90 Å². The molecule has 3 fully saturated rings. The van der Waals surface area contributed by atoms with Gasteiger partial charge in [0.05, 0.1) is 16.6 Å². The lowest BCUT2D eigenvalue weighted by Gasteiger charge is -2.39. The highest BCUT2D eigenvalue weighted by Crippen LogP contribution is 2.45. The fourth-order valence-electron chi connectivity index (χ4n) is 5.32. The van der Waals surface area contributed by atoms with Gasteiger partial charge in [-0.1, -0.05) is 12.1 Å². The van der Waals surface area contributed by atoms with E-state index < -0.39 is 23.7 Å². The smallest absolute Gasteiger partial charge is 0.399 e. The summed E-state index contributed by atoms with van der Waals surface area (Å²) in [4.78, 5) is 27.9. The predicted octanol–water partition coefficient (Wildman–Crippen LogP) is 2.37. The second-order valence-electron chi connectivity index (χ2n) is 10.6. The summed E-state index contributed by atoms with van der Waals surface area (Å²) in [6.45, 7) is 9.94. The maximum absolute atomic E-state index is 13.1. The van der Waals surface area contributed by atoms with Crippen molar-refractivity contribution in [3.8, 4) is 0 Å². The molecule has 0 aliphatic carbocycles. The molecule has 4 heterocycles. The zero-order chi connectivity index (χ0) is 22.7. The van der Waals surface area contributed by atoms with Gasteiger partial charge in [-0.25, -0.2) is 0 Å². The van der Waals surface area contributed by atoms with Crippen molar-refractivity contribution in [2.75, 3.05) is 25.0 Å². The van der Waals surface area contributed by atoms with Crippen LogP contribution in [0.15, 0.2) is 18.2 Å². The fraction of sp³-hybridized carbons (Fsp3) is 0.667. The second kappa shape index (κ2) is 7.57. The summed E-state index contributed by atoms with van der Waals surface area (Å²) < 4.78 is 18.0. The van der Waals surface area contributed by atoms with Gasteiger partial charge in [0.2, 0.25) is 5.91 Å². The number of piperidine rings is 1. The molecule has 4 aliphatic heterocycles. The second-order valence-corrected chi connectivity index (χ2v) is 10.6. The highest BCUT2D eigenvalue weighted by Gasteiger charge is 2.53. The first-order chi connectivity index (χ1) is 15.1. The van der Waals surface area contributed by atoms with Crippen LogP contribution in [0.25, 0.3) is 0 Å². The lowest BCUT2D eigenvalue weighted by molar-refractivity contribution is -0.149. The molecule has 1 aromatic rings. The number of carbonyl (C=O) groups excluding carboxylic acids is 2. The standard InChI is InChI=1S/C24H33BN2O5/c1-22(2)23(3,4)32-25(31-22)16-8-9-17-18(15-16)26-21(29)24(17)10-12-27(13-11-24)20(28)19-7-5-6-14-30-19/h8-9,15,19H,5-7,10-14H2,1-4H3,(H,26,29). The summed E-state index contributed by atoms with van der Waals surface area (Å²) in [5, 5.41) is 3.09. The zero-order valence-electron chi connectivity index (χ0n) is 19.5. The Morgan fingerprint density at radius 2 is 1.78 bits per heavy atom. The third-order valence-corrected chi connectivity index (χ3v) is 8.15. The number of likely N-dealkylation sites (tertiary alicyclic amines) is 1. The summed E-state index contributed by atoms with van der Waals surface area (Å²) >= 11 is 0. The molecule has 0 radical (unpaired) electrons.